The number of nitro benzene ring substituents is 1. The number of non-ortho nitro benzene ring substituents is 1. The number of rotatable bonds is 9. The molecule has 2 aromatic rings. The van der Waals surface area contributed by atoms with Crippen molar-refractivity contribution in [2.45, 2.75) is 10.6 Å². The lowest BCUT2D eigenvalue weighted by Gasteiger charge is -2.10. The van der Waals surface area contributed by atoms with Crippen LogP contribution in [0.5, 0.6) is 5.75 Å². The molecule has 0 bridgehead atoms. The standard InChI is InChI=1S/C16H17FN2O5S2/c1-24-15-7-6-13(19(20)21)10-16(15)26(22,23)18-8-9-25-11-12-4-2-3-5-14(12)17/h2-7,10,18H,8-9,11H2,1H3. The van der Waals surface area contributed by atoms with Gasteiger partial charge in [0.05, 0.1) is 12.0 Å². The van der Waals surface area contributed by atoms with E-state index in [1.165, 1.54) is 37.1 Å². The molecule has 0 heterocycles. The molecule has 0 aromatic heterocycles. The van der Waals surface area contributed by atoms with Gasteiger partial charge in [-0.25, -0.2) is 17.5 Å². The predicted octanol–water partition coefficient (Wildman–Crippen LogP) is 2.95. The molecule has 7 nitrogen and oxygen atoms in total. The van der Waals surface area contributed by atoms with E-state index in [0.29, 0.717) is 17.1 Å². The molecule has 0 amide bonds. The van der Waals surface area contributed by atoms with Crippen LogP contribution >= 0.6 is 11.8 Å². The van der Waals surface area contributed by atoms with Crippen molar-refractivity contribution >= 4 is 27.5 Å². The zero-order valence-electron chi connectivity index (χ0n) is 13.8. The second kappa shape index (κ2) is 8.97. The third-order valence-electron chi connectivity index (χ3n) is 3.40. The zero-order chi connectivity index (χ0) is 19.2. The van der Waals surface area contributed by atoms with E-state index < -0.39 is 14.9 Å². The van der Waals surface area contributed by atoms with Gasteiger partial charge in [-0.15, -0.1) is 0 Å². The van der Waals surface area contributed by atoms with E-state index >= 15 is 0 Å². The summed E-state index contributed by atoms with van der Waals surface area (Å²) in [6.45, 7) is 0.0906. The van der Waals surface area contributed by atoms with Crippen molar-refractivity contribution in [1.29, 1.82) is 0 Å². The number of methoxy groups -OCH3 is 1. The van der Waals surface area contributed by atoms with Crippen LogP contribution in [0.1, 0.15) is 5.56 Å². The molecule has 2 rings (SSSR count). The molecule has 10 heteroatoms. The van der Waals surface area contributed by atoms with Crippen LogP contribution in [0.3, 0.4) is 0 Å². The van der Waals surface area contributed by atoms with Crippen molar-refractivity contribution in [1.82, 2.24) is 4.72 Å². The molecule has 0 saturated heterocycles. The van der Waals surface area contributed by atoms with Crippen molar-refractivity contribution in [2.75, 3.05) is 19.4 Å². The van der Waals surface area contributed by atoms with Gasteiger partial charge in [-0.05, 0) is 17.7 Å². The summed E-state index contributed by atoms with van der Waals surface area (Å²) in [5.74, 6) is 0.531. The maximum atomic E-state index is 13.5. The fourth-order valence-corrected chi connectivity index (χ4v) is 4.30. The molecule has 2 aromatic carbocycles. The Balaban J connectivity index is 1.97. The third kappa shape index (κ3) is 5.16. The highest BCUT2D eigenvalue weighted by molar-refractivity contribution is 7.98. The second-order valence-electron chi connectivity index (χ2n) is 5.13. The summed E-state index contributed by atoms with van der Waals surface area (Å²) < 4.78 is 45.6. The van der Waals surface area contributed by atoms with Crippen LogP contribution in [-0.4, -0.2) is 32.7 Å². The number of hydrogen-bond donors (Lipinski definition) is 1. The first-order valence-electron chi connectivity index (χ1n) is 7.48. The number of hydrogen-bond acceptors (Lipinski definition) is 6. The van der Waals surface area contributed by atoms with Crippen LogP contribution < -0.4 is 9.46 Å². The lowest BCUT2D eigenvalue weighted by Crippen LogP contribution is -2.26. The normalized spacial score (nSPS) is 11.3. The number of sulfonamides is 1. The van der Waals surface area contributed by atoms with Crippen molar-refractivity contribution in [3.8, 4) is 5.75 Å². The van der Waals surface area contributed by atoms with Gasteiger partial charge in [0.2, 0.25) is 10.0 Å². The van der Waals surface area contributed by atoms with Crippen molar-refractivity contribution in [3.05, 3.63) is 64.0 Å². The molecule has 0 atom stereocenters. The lowest BCUT2D eigenvalue weighted by molar-refractivity contribution is -0.385. The Morgan fingerprint density at radius 2 is 2.00 bits per heavy atom. The van der Waals surface area contributed by atoms with Gasteiger partial charge in [0.25, 0.3) is 5.69 Å². The molecule has 0 unspecified atom stereocenters. The monoisotopic (exact) mass is 400 g/mol. The Hall–Kier alpha value is -2.17. The predicted molar refractivity (Wildman–Crippen MR) is 97.4 cm³/mol. The van der Waals surface area contributed by atoms with Crippen LogP contribution in [0.2, 0.25) is 0 Å². The summed E-state index contributed by atoms with van der Waals surface area (Å²) in [6, 6.07) is 9.73. The van der Waals surface area contributed by atoms with E-state index in [-0.39, 0.29) is 28.7 Å². The average Bonchev–Trinajstić information content (AvgIpc) is 2.62. The second-order valence-corrected chi connectivity index (χ2v) is 7.97. The van der Waals surface area contributed by atoms with Crippen LogP contribution in [0.25, 0.3) is 0 Å². The van der Waals surface area contributed by atoms with E-state index in [1.54, 1.807) is 18.2 Å². The molecule has 140 valence electrons. The molecule has 0 radical (unpaired) electrons. The SMILES string of the molecule is COc1ccc([N+](=O)[O-])cc1S(=O)(=O)NCCSCc1ccccc1F. The van der Waals surface area contributed by atoms with Crippen LogP contribution in [0.4, 0.5) is 10.1 Å². The number of halogens is 1. The van der Waals surface area contributed by atoms with E-state index in [0.717, 1.165) is 6.07 Å². The maximum absolute atomic E-state index is 13.5. The molecular formula is C16H17FN2O5S2. The summed E-state index contributed by atoms with van der Waals surface area (Å²) in [4.78, 5) is 9.88. The zero-order valence-corrected chi connectivity index (χ0v) is 15.5. The van der Waals surface area contributed by atoms with Gasteiger partial charge in [0.1, 0.15) is 16.5 Å². The van der Waals surface area contributed by atoms with Gasteiger partial charge < -0.3 is 4.74 Å². The summed E-state index contributed by atoms with van der Waals surface area (Å²) >= 11 is 1.37. The Morgan fingerprint density at radius 3 is 2.65 bits per heavy atom. The van der Waals surface area contributed by atoms with Crippen molar-refractivity contribution in [3.63, 3.8) is 0 Å². The summed E-state index contributed by atoms with van der Waals surface area (Å²) in [5.41, 5.74) is 0.195. The molecule has 0 saturated carbocycles. The van der Waals surface area contributed by atoms with Gasteiger partial charge in [-0.1, -0.05) is 18.2 Å². The van der Waals surface area contributed by atoms with Crippen molar-refractivity contribution < 1.29 is 22.5 Å². The minimum atomic E-state index is -3.98. The van der Waals surface area contributed by atoms with E-state index in [4.69, 9.17) is 4.74 Å². The molecule has 0 fully saturated rings. The Labute approximate surface area is 154 Å². The lowest BCUT2D eigenvalue weighted by atomic mass is 10.2. The fraction of sp³-hybridized carbons (Fsp3) is 0.250. The minimum absolute atomic E-state index is 0.0158. The largest absolute Gasteiger partial charge is 0.495 e. The molecule has 1 N–H and O–H groups in total. The van der Waals surface area contributed by atoms with E-state index in [2.05, 4.69) is 4.72 Å². The third-order valence-corrected chi connectivity index (χ3v) is 5.89. The van der Waals surface area contributed by atoms with E-state index in [1.807, 2.05) is 0 Å². The summed E-state index contributed by atoms with van der Waals surface area (Å²) in [6.07, 6.45) is 0. The van der Waals surface area contributed by atoms with Gasteiger partial charge in [-0.2, -0.15) is 11.8 Å². The first-order chi connectivity index (χ1) is 12.3. The molecule has 0 aliphatic heterocycles. The first-order valence-corrected chi connectivity index (χ1v) is 10.1. The van der Waals surface area contributed by atoms with Crippen LogP contribution in [0.15, 0.2) is 47.4 Å². The molecule has 0 aliphatic rings. The Bertz CT molecular complexity index is 890. The smallest absolute Gasteiger partial charge is 0.271 e. The summed E-state index contributed by atoms with van der Waals surface area (Å²) in [7, 11) is -2.70. The van der Waals surface area contributed by atoms with Gasteiger partial charge in [0, 0.05) is 30.2 Å². The number of nitrogens with zero attached hydrogens (tertiary/aromatic N) is 1. The number of nitrogens with one attached hydrogen (secondary N) is 1. The van der Waals surface area contributed by atoms with Gasteiger partial charge >= 0.3 is 0 Å². The van der Waals surface area contributed by atoms with Crippen LogP contribution in [0, 0.1) is 15.9 Å². The molecule has 0 aliphatic carbocycles. The molecular weight excluding hydrogens is 383 g/mol. The van der Waals surface area contributed by atoms with Crippen molar-refractivity contribution in [2.24, 2.45) is 0 Å². The fourth-order valence-electron chi connectivity index (χ4n) is 2.11. The molecule has 0 spiro atoms. The highest BCUT2D eigenvalue weighted by atomic mass is 32.2. The quantitative estimate of drug-likeness (QED) is 0.395. The first kappa shape index (κ1) is 20.1. The van der Waals surface area contributed by atoms with E-state index in [9.17, 15) is 22.9 Å². The topological polar surface area (TPSA) is 98.5 Å². The van der Waals surface area contributed by atoms with Crippen LogP contribution in [-0.2, 0) is 15.8 Å². The summed E-state index contributed by atoms with van der Waals surface area (Å²) in [5, 5.41) is 10.9. The minimum Gasteiger partial charge on any atom is -0.495 e. The Morgan fingerprint density at radius 1 is 1.27 bits per heavy atom. The highest BCUT2D eigenvalue weighted by Crippen LogP contribution is 2.28. The highest BCUT2D eigenvalue weighted by Gasteiger charge is 2.22. The molecule has 26 heavy (non-hydrogen) atoms. The number of ether oxygens (including phenoxy) is 1. The average molecular weight is 400 g/mol. The number of benzene rings is 2. The van der Waals surface area contributed by atoms with Gasteiger partial charge in [-0.3, -0.25) is 10.1 Å². The maximum Gasteiger partial charge on any atom is 0.271 e. The Kier molecular flexibility index (Phi) is 6.95. The van der Waals surface area contributed by atoms with Gasteiger partial charge in [0.15, 0.2) is 0 Å². The number of nitro groups is 1. The number of thioether (sulfide) groups is 1.